The van der Waals surface area contributed by atoms with E-state index in [1.165, 1.54) is 45.3 Å². The summed E-state index contributed by atoms with van der Waals surface area (Å²) in [6, 6.07) is 0. The first-order valence-electron chi connectivity index (χ1n) is 7.27. The lowest BCUT2D eigenvalue weighted by Gasteiger charge is -2.25. The van der Waals surface area contributed by atoms with Gasteiger partial charge in [0.05, 0.1) is 13.2 Å². The minimum absolute atomic E-state index is 0.817. The van der Waals surface area contributed by atoms with E-state index in [1.54, 1.807) is 14.2 Å². The minimum atomic E-state index is 0.817. The Labute approximate surface area is 112 Å². The van der Waals surface area contributed by atoms with Gasteiger partial charge >= 0.3 is 0 Å². The van der Waals surface area contributed by atoms with Crippen LogP contribution in [0.5, 0.6) is 0 Å². The van der Waals surface area contributed by atoms with Crippen molar-refractivity contribution in [1.82, 2.24) is 10.2 Å². The minimum Gasteiger partial charge on any atom is -0.383 e. The van der Waals surface area contributed by atoms with Gasteiger partial charge in [-0.1, -0.05) is 0 Å². The summed E-state index contributed by atoms with van der Waals surface area (Å²) < 4.78 is 10.3. The van der Waals surface area contributed by atoms with Crippen molar-refractivity contribution in [1.29, 1.82) is 0 Å². The molecule has 4 heteroatoms. The van der Waals surface area contributed by atoms with Crippen LogP contribution in [0.25, 0.3) is 0 Å². The van der Waals surface area contributed by atoms with Gasteiger partial charge < -0.3 is 14.8 Å². The highest BCUT2D eigenvalue weighted by Crippen LogP contribution is 2.17. The SMILES string of the molecule is COCCN(CCCC1CCNCC1)CCOC. The third-order valence-corrected chi connectivity index (χ3v) is 3.77. The summed E-state index contributed by atoms with van der Waals surface area (Å²) in [5.74, 6) is 0.943. The Kier molecular flexibility index (Phi) is 9.48. The van der Waals surface area contributed by atoms with Gasteiger partial charge in [-0.15, -0.1) is 0 Å². The lowest BCUT2D eigenvalue weighted by atomic mass is 9.93. The Balaban J connectivity index is 2.10. The van der Waals surface area contributed by atoms with Crippen molar-refractivity contribution in [3.63, 3.8) is 0 Å². The molecule has 0 aromatic rings. The Bertz CT molecular complexity index is 177. The summed E-state index contributed by atoms with van der Waals surface area (Å²) in [7, 11) is 3.53. The maximum absolute atomic E-state index is 5.16. The molecule has 0 bridgehead atoms. The van der Waals surface area contributed by atoms with Crippen LogP contribution in [0.15, 0.2) is 0 Å². The summed E-state index contributed by atoms with van der Waals surface area (Å²) in [5, 5.41) is 3.43. The smallest absolute Gasteiger partial charge is 0.0589 e. The van der Waals surface area contributed by atoms with Gasteiger partial charge in [-0.2, -0.15) is 0 Å². The van der Waals surface area contributed by atoms with Crippen molar-refractivity contribution in [3.05, 3.63) is 0 Å². The van der Waals surface area contributed by atoms with Gasteiger partial charge in [-0.25, -0.2) is 0 Å². The number of rotatable bonds is 10. The zero-order valence-corrected chi connectivity index (χ0v) is 12.1. The van der Waals surface area contributed by atoms with E-state index < -0.39 is 0 Å². The molecule has 0 atom stereocenters. The first-order valence-corrected chi connectivity index (χ1v) is 7.27. The largest absolute Gasteiger partial charge is 0.383 e. The molecule has 0 aromatic carbocycles. The fourth-order valence-corrected chi connectivity index (χ4v) is 2.55. The fraction of sp³-hybridized carbons (Fsp3) is 1.00. The average molecular weight is 258 g/mol. The summed E-state index contributed by atoms with van der Waals surface area (Å²) in [6.07, 6.45) is 5.39. The van der Waals surface area contributed by atoms with E-state index in [9.17, 15) is 0 Å². The fourth-order valence-electron chi connectivity index (χ4n) is 2.55. The molecule has 0 aromatic heterocycles. The van der Waals surface area contributed by atoms with Crippen molar-refractivity contribution in [2.24, 2.45) is 5.92 Å². The molecule has 0 aliphatic carbocycles. The predicted octanol–water partition coefficient (Wildman–Crippen LogP) is 1.36. The van der Waals surface area contributed by atoms with Crippen molar-refractivity contribution < 1.29 is 9.47 Å². The van der Waals surface area contributed by atoms with Gasteiger partial charge in [-0.3, -0.25) is 4.90 Å². The highest BCUT2D eigenvalue weighted by Gasteiger charge is 2.13. The zero-order valence-electron chi connectivity index (χ0n) is 12.1. The summed E-state index contributed by atoms with van der Waals surface area (Å²) in [4.78, 5) is 2.45. The second kappa shape index (κ2) is 10.7. The summed E-state index contributed by atoms with van der Waals surface area (Å²) in [5.41, 5.74) is 0. The lowest BCUT2D eigenvalue weighted by Crippen LogP contribution is -2.32. The van der Waals surface area contributed by atoms with Crippen LogP contribution in [0.2, 0.25) is 0 Å². The van der Waals surface area contributed by atoms with Crippen LogP contribution in [0.4, 0.5) is 0 Å². The van der Waals surface area contributed by atoms with Gasteiger partial charge in [-0.05, 0) is 51.2 Å². The van der Waals surface area contributed by atoms with Gasteiger partial charge in [0.2, 0.25) is 0 Å². The monoisotopic (exact) mass is 258 g/mol. The van der Waals surface area contributed by atoms with Crippen LogP contribution in [0.3, 0.4) is 0 Å². The van der Waals surface area contributed by atoms with E-state index >= 15 is 0 Å². The van der Waals surface area contributed by atoms with Gasteiger partial charge in [0.1, 0.15) is 0 Å². The molecule has 0 radical (unpaired) electrons. The van der Waals surface area contributed by atoms with Crippen LogP contribution in [0.1, 0.15) is 25.7 Å². The van der Waals surface area contributed by atoms with Crippen LogP contribution in [0, 0.1) is 5.92 Å². The van der Waals surface area contributed by atoms with E-state index in [2.05, 4.69) is 10.2 Å². The van der Waals surface area contributed by atoms with E-state index in [-0.39, 0.29) is 0 Å². The van der Waals surface area contributed by atoms with Crippen LogP contribution >= 0.6 is 0 Å². The number of piperidine rings is 1. The Morgan fingerprint density at radius 3 is 2.17 bits per heavy atom. The predicted molar refractivity (Wildman–Crippen MR) is 75.0 cm³/mol. The second-order valence-corrected chi connectivity index (χ2v) is 5.16. The van der Waals surface area contributed by atoms with Gasteiger partial charge in [0, 0.05) is 27.3 Å². The Morgan fingerprint density at radius 1 is 1.00 bits per heavy atom. The normalized spacial score (nSPS) is 17.5. The van der Waals surface area contributed by atoms with Gasteiger partial charge in [0.15, 0.2) is 0 Å². The molecule has 1 heterocycles. The highest BCUT2D eigenvalue weighted by atomic mass is 16.5. The second-order valence-electron chi connectivity index (χ2n) is 5.16. The number of hydrogen-bond acceptors (Lipinski definition) is 4. The molecule has 0 saturated carbocycles. The van der Waals surface area contributed by atoms with E-state index in [1.807, 2.05) is 0 Å². The number of methoxy groups -OCH3 is 2. The quantitative estimate of drug-likeness (QED) is 0.641. The maximum atomic E-state index is 5.16. The molecule has 1 fully saturated rings. The first-order chi connectivity index (χ1) is 8.86. The molecular formula is C14H30N2O2. The highest BCUT2D eigenvalue weighted by molar-refractivity contribution is 4.69. The van der Waals surface area contributed by atoms with Gasteiger partial charge in [0.25, 0.3) is 0 Å². The van der Waals surface area contributed by atoms with Crippen molar-refractivity contribution in [2.45, 2.75) is 25.7 Å². The topological polar surface area (TPSA) is 33.7 Å². The third-order valence-electron chi connectivity index (χ3n) is 3.77. The number of nitrogens with one attached hydrogen (secondary N) is 1. The lowest BCUT2D eigenvalue weighted by molar-refractivity contribution is 0.111. The van der Waals surface area contributed by atoms with Crippen molar-refractivity contribution in [2.75, 3.05) is 60.2 Å². The summed E-state index contributed by atoms with van der Waals surface area (Å²) >= 11 is 0. The Hall–Kier alpha value is -0.160. The molecular weight excluding hydrogens is 228 g/mol. The third kappa shape index (κ3) is 7.31. The molecule has 1 saturated heterocycles. The summed E-state index contributed by atoms with van der Waals surface area (Å²) in [6.45, 7) is 7.27. The van der Waals surface area contributed by atoms with Crippen LogP contribution in [-0.2, 0) is 9.47 Å². The molecule has 4 nitrogen and oxygen atoms in total. The van der Waals surface area contributed by atoms with E-state index in [4.69, 9.17) is 9.47 Å². The molecule has 1 aliphatic rings. The maximum Gasteiger partial charge on any atom is 0.0589 e. The molecule has 1 aliphatic heterocycles. The Morgan fingerprint density at radius 2 is 1.61 bits per heavy atom. The van der Waals surface area contributed by atoms with Crippen LogP contribution in [-0.4, -0.2) is 65.1 Å². The molecule has 0 unspecified atom stereocenters. The number of nitrogens with zero attached hydrogens (tertiary/aromatic N) is 1. The average Bonchev–Trinajstić information content (AvgIpc) is 2.42. The molecule has 1 N–H and O–H groups in total. The zero-order chi connectivity index (χ0) is 13.1. The number of ether oxygens (including phenoxy) is 2. The molecule has 0 amide bonds. The van der Waals surface area contributed by atoms with Crippen molar-refractivity contribution in [3.8, 4) is 0 Å². The van der Waals surface area contributed by atoms with E-state index in [0.29, 0.717) is 0 Å². The molecule has 18 heavy (non-hydrogen) atoms. The standard InChI is InChI=1S/C14H30N2O2/c1-17-12-10-16(11-13-18-2)9-3-4-14-5-7-15-8-6-14/h14-15H,3-13H2,1-2H3. The number of hydrogen-bond donors (Lipinski definition) is 1. The molecule has 1 rings (SSSR count). The molecule has 108 valence electrons. The molecule has 0 spiro atoms. The van der Waals surface area contributed by atoms with Crippen molar-refractivity contribution >= 4 is 0 Å². The first kappa shape index (κ1) is 15.9. The van der Waals surface area contributed by atoms with E-state index in [0.717, 1.165) is 32.2 Å². The van der Waals surface area contributed by atoms with Crippen LogP contribution < -0.4 is 5.32 Å².